The van der Waals surface area contributed by atoms with Gasteiger partial charge in [-0.2, -0.15) is 9.45 Å². The Morgan fingerprint density at radius 3 is 2.36 bits per heavy atom. The van der Waals surface area contributed by atoms with Gasteiger partial charge in [-0.15, -0.1) is 0 Å². The Morgan fingerprint density at radius 2 is 1.86 bits per heavy atom. The Hall–Kier alpha value is -1.27. The highest BCUT2D eigenvalue weighted by atomic mass is 19.2. The fourth-order valence-corrected chi connectivity index (χ4v) is 1.00. The van der Waals surface area contributed by atoms with Crippen molar-refractivity contribution in [2.75, 3.05) is 7.05 Å². The van der Waals surface area contributed by atoms with Crippen LogP contribution in [0.25, 0.3) is 0 Å². The number of phenolic OH excluding ortho intramolecular Hbond substituents is 1. The van der Waals surface area contributed by atoms with E-state index in [1.54, 1.807) is 0 Å². The fourth-order valence-electron chi connectivity index (χ4n) is 1.00. The van der Waals surface area contributed by atoms with E-state index in [4.69, 9.17) is 10.3 Å². The lowest BCUT2D eigenvalue weighted by molar-refractivity contribution is -0.0737. The molecule has 0 heterocycles. The molecule has 0 radical (unpaired) electrons. The summed E-state index contributed by atoms with van der Waals surface area (Å²) in [6.45, 7) is -0.306. The van der Waals surface area contributed by atoms with Crippen molar-refractivity contribution in [3.05, 3.63) is 29.1 Å². The second-order valence-corrected chi connectivity index (χ2v) is 2.81. The van der Waals surface area contributed by atoms with Gasteiger partial charge in [-0.1, -0.05) is 0 Å². The molecule has 0 aliphatic rings. The molecule has 0 aliphatic heterocycles. The molecule has 0 amide bonds. The molecule has 0 unspecified atom stereocenters. The summed E-state index contributed by atoms with van der Waals surface area (Å²) in [6.07, 6.45) is 0. The van der Waals surface area contributed by atoms with Crippen LogP contribution in [-0.2, 0) is 6.54 Å². The largest absolute Gasteiger partial charge is 0.505 e. The maximum atomic E-state index is 12.7. The molecule has 1 aromatic carbocycles. The van der Waals surface area contributed by atoms with E-state index in [-0.39, 0.29) is 12.1 Å². The maximum absolute atomic E-state index is 12.7. The summed E-state index contributed by atoms with van der Waals surface area (Å²) in [6, 6.07) is 0.625. The first-order chi connectivity index (χ1) is 6.43. The van der Waals surface area contributed by atoms with E-state index >= 15 is 0 Å². The molecule has 1 aromatic rings. The zero-order valence-corrected chi connectivity index (χ0v) is 7.26. The highest BCUT2D eigenvalue weighted by Gasteiger charge is 2.18. The summed E-state index contributed by atoms with van der Waals surface area (Å²) in [7, 11) is 1.22. The van der Waals surface area contributed by atoms with Crippen LogP contribution in [0.3, 0.4) is 0 Å². The predicted octanol–water partition coefficient (Wildman–Crippen LogP) is 1.63. The topological polar surface area (TPSA) is 43.7 Å². The van der Waals surface area contributed by atoms with Crippen LogP contribution in [0.1, 0.15) is 5.56 Å². The summed E-state index contributed by atoms with van der Waals surface area (Å²) in [5, 5.41) is 18.4. The van der Waals surface area contributed by atoms with Gasteiger partial charge >= 0.3 is 0 Å². The molecule has 14 heavy (non-hydrogen) atoms. The predicted molar refractivity (Wildman–Crippen MR) is 41.2 cm³/mol. The third-order valence-corrected chi connectivity index (χ3v) is 1.61. The number of nitrogens with zero attached hydrogens (tertiary/aromatic N) is 1. The molecule has 0 bridgehead atoms. The van der Waals surface area contributed by atoms with Crippen molar-refractivity contribution in [1.82, 2.24) is 5.06 Å². The smallest absolute Gasteiger partial charge is 0.203 e. The minimum absolute atomic E-state index is 0.230. The number of aromatic hydroxyl groups is 1. The molecule has 0 aromatic heterocycles. The molecule has 0 saturated heterocycles. The van der Waals surface area contributed by atoms with Gasteiger partial charge in [-0.25, -0.2) is 8.78 Å². The van der Waals surface area contributed by atoms with Crippen LogP contribution in [0.15, 0.2) is 6.07 Å². The molecule has 0 saturated carbocycles. The Morgan fingerprint density at radius 1 is 1.29 bits per heavy atom. The van der Waals surface area contributed by atoms with Crippen molar-refractivity contribution in [2.45, 2.75) is 6.54 Å². The van der Waals surface area contributed by atoms with Gasteiger partial charge in [0.15, 0.2) is 17.4 Å². The summed E-state index contributed by atoms with van der Waals surface area (Å²) in [5.74, 6) is -5.78. The molecule has 1 rings (SSSR count). The van der Waals surface area contributed by atoms with Crippen LogP contribution < -0.4 is 0 Å². The summed E-state index contributed by atoms with van der Waals surface area (Å²) in [5.41, 5.74) is -0.230. The number of halogens is 3. The molecule has 3 nitrogen and oxygen atoms in total. The van der Waals surface area contributed by atoms with Gasteiger partial charge in [0.25, 0.3) is 0 Å². The van der Waals surface area contributed by atoms with Crippen molar-refractivity contribution >= 4 is 0 Å². The third-order valence-electron chi connectivity index (χ3n) is 1.61. The van der Waals surface area contributed by atoms with Crippen molar-refractivity contribution in [3.63, 3.8) is 0 Å². The van der Waals surface area contributed by atoms with Crippen LogP contribution in [-0.4, -0.2) is 22.4 Å². The zero-order chi connectivity index (χ0) is 10.9. The van der Waals surface area contributed by atoms with Crippen molar-refractivity contribution in [1.29, 1.82) is 0 Å². The Kier molecular flexibility index (Phi) is 2.97. The van der Waals surface area contributed by atoms with Gasteiger partial charge in [-0.3, -0.25) is 0 Å². The van der Waals surface area contributed by atoms with E-state index in [9.17, 15) is 13.2 Å². The van der Waals surface area contributed by atoms with E-state index in [0.29, 0.717) is 11.1 Å². The number of hydrogen-bond donors (Lipinski definition) is 2. The molecule has 0 atom stereocenters. The monoisotopic (exact) mass is 207 g/mol. The maximum Gasteiger partial charge on any atom is 0.203 e. The normalized spacial score (nSPS) is 11.0. The molecular formula is C8H8F3NO2. The van der Waals surface area contributed by atoms with Crippen LogP contribution in [0.5, 0.6) is 5.75 Å². The van der Waals surface area contributed by atoms with E-state index < -0.39 is 23.2 Å². The summed E-state index contributed by atoms with van der Waals surface area (Å²) in [4.78, 5) is 0. The van der Waals surface area contributed by atoms with Gasteiger partial charge in [0, 0.05) is 12.6 Å². The van der Waals surface area contributed by atoms with Gasteiger partial charge in [0.05, 0.1) is 6.54 Å². The van der Waals surface area contributed by atoms with Crippen LogP contribution in [0.2, 0.25) is 0 Å². The zero-order valence-electron chi connectivity index (χ0n) is 7.26. The first-order valence-electron chi connectivity index (χ1n) is 3.68. The highest BCUT2D eigenvalue weighted by molar-refractivity contribution is 5.35. The van der Waals surface area contributed by atoms with E-state index in [1.807, 2.05) is 0 Å². The fraction of sp³-hybridized carbons (Fsp3) is 0.250. The molecule has 0 aliphatic carbocycles. The molecule has 78 valence electrons. The van der Waals surface area contributed by atoms with Crippen molar-refractivity contribution in [2.24, 2.45) is 0 Å². The third kappa shape index (κ3) is 1.97. The Bertz CT molecular complexity index is 355. The average molecular weight is 207 g/mol. The molecule has 6 heteroatoms. The van der Waals surface area contributed by atoms with Crippen LogP contribution in [0, 0.1) is 17.5 Å². The lowest BCUT2D eigenvalue weighted by Gasteiger charge is -2.10. The minimum atomic E-state index is -1.73. The van der Waals surface area contributed by atoms with Crippen LogP contribution in [0.4, 0.5) is 13.2 Å². The van der Waals surface area contributed by atoms with Crippen molar-refractivity contribution < 1.29 is 23.5 Å². The first kappa shape index (κ1) is 10.8. The van der Waals surface area contributed by atoms with Crippen LogP contribution >= 0.6 is 0 Å². The number of hydrogen-bond acceptors (Lipinski definition) is 3. The molecular weight excluding hydrogens is 199 g/mol. The summed E-state index contributed by atoms with van der Waals surface area (Å²) >= 11 is 0. The quantitative estimate of drug-likeness (QED) is 0.572. The standard InChI is InChI=1S/C8H8F3NO2/c1-12(14)3-4-2-5(9)6(10)7(11)8(4)13/h2,13-14H,3H2,1H3. The Balaban J connectivity index is 3.19. The highest BCUT2D eigenvalue weighted by Crippen LogP contribution is 2.26. The molecule has 0 spiro atoms. The number of rotatable bonds is 2. The minimum Gasteiger partial charge on any atom is -0.505 e. The lowest BCUT2D eigenvalue weighted by Crippen LogP contribution is -2.12. The van der Waals surface area contributed by atoms with Gasteiger partial charge in [-0.05, 0) is 6.07 Å². The second-order valence-electron chi connectivity index (χ2n) is 2.81. The van der Waals surface area contributed by atoms with E-state index in [1.165, 1.54) is 7.05 Å². The molecule has 2 N–H and O–H groups in total. The van der Waals surface area contributed by atoms with Gasteiger partial charge in [0.1, 0.15) is 0 Å². The number of benzene rings is 1. The summed E-state index contributed by atoms with van der Waals surface area (Å²) < 4.78 is 37.9. The average Bonchev–Trinajstić information content (AvgIpc) is 2.10. The molecule has 0 fully saturated rings. The SMILES string of the molecule is CN(O)Cc1cc(F)c(F)c(F)c1O. The van der Waals surface area contributed by atoms with Gasteiger partial charge < -0.3 is 10.3 Å². The van der Waals surface area contributed by atoms with Crippen molar-refractivity contribution in [3.8, 4) is 5.75 Å². The lowest BCUT2D eigenvalue weighted by atomic mass is 10.1. The number of hydroxylamine groups is 2. The first-order valence-corrected chi connectivity index (χ1v) is 3.68. The Labute approximate surface area is 78.0 Å². The van der Waals surface area contributed by atoms with E-state index in [0.717, 1.165) is 0 Å². The van der Waals surface area contributed by atoms with E-state index in [2.05, 4.69) is 0 Å². The number of phenols is 1. The second kappa shape index (κ2) is 3.85. The van der Waals surface area contributed by atoms with Gasteiger partial charge in [0.2, 0.25) is 5.82 Å².